The van der Waals surface area contributed by atoms with Gasteiger partial charge in [0.15, 0.2) is 5.82 Å². The van der Waals surface area contributed by atoms with Crippen LogP contribution in [0.1, 0.15) is 20.3 Å². The summed E-state index contributed by atoms with van der Waals surface area (Å²) in [5.41, 5.74) is -0.301. The molecular formula is C12H21N5O2. The Labute approximate surface area is 112 Å². The van der Waals surface area contributed by atoms with Gasteiger partial charge in [0.1, 0.15) is 0 Å². The van der Waals surface area contributed by atoms with Gasteiger partial charge in [-0.25, -0.2) is 9.89 Å². The van der Waals surface area contributed by atoms with E-state index in [0.29, 0.717) is 12.4 Å². The predicted molar refractivity (Wildman–Crippen MR) is 74.3 cm³/mol. The van der Waals surface area contributed by atoms with E-state index in [1.165, 1.54) is 12.1 Å². The van der Waals surface area contributed by atoms with Gasteiger partial charge >= 0.3 is 6.03 Å². The summed E-state index contributed by atoms with van der Waals surface area (Å²) in [6.07, 6.45) is 0.897. The summed E-state index contributed by atoms with van der Waals surface area (Å²) in [6.45, 7) is 7.83. The van der Waals surface area contributed by atoms with Crippen molar-refractivity contribution < 1.29 is 4.79 Å². The van der Waals surface area contributed by atoms with Crippen LogP contribution >= 0.6 is 0 Å². The van der Waals surface area contributed by atoms with Crippen molar-refractivity contribution in [3.05, 3.63) is 22.5 Å². The van der Waals surface area contributed by atoms with Crippen LogP contribution in [0.5, 0.6) is 0 Å². The van der Waals surface area contributed by atoms with E-state index < -0.39 is 0 Å². The van der Waals surface area contributed by atoms with Gasteiger partial charge < -0.3 is 10.2 Å². The zero-order valence-corrected chi connectivity index (χ0v) is 11.4. The van der Waals surface area contributed by atoms with Crippen molar-refractivity contribution in [3.8, 4) is 0 Å². The van der Waals surface area contributed by atoms with Crippen molar-refractivity contribution in [1.82, 2.24) is 20.4 Å². The molecule has 1 aromatic heterocycles. The summed E-state index contributed by atoms with van der Waals surface area (Å²) < 4.78 is 0. The molecule has 3 N–H and O–H groups in total. The number of hydrogen-bond acceptors (Lipinski definition) is 4. The second kappa shape index (κ2) is 8.25. The second-order valence-corrected chi connectivity index (χ2v) is 4.07. The van der Waals surface area contributed by atoms with Crippen LogP contribution in [0.4, 0.5) is 10.6 Å². The van der Waals surface area contributed by atoms with Crippen LogP contribution in [0.25, 0.3) is 0 Å². The van der Waals surface area contributed by atoms with Gasteiger partial charge in [0, 0.05) is 12.6 Å². The fourth-order valence-electron chi connectivity index (χ4n) is 1.62. The lowest BCUT2D eigenvalue weighted by molar-refractivity contribution is 0.250. The number of nitrogens with zero attached hydrogens (tertiary/aromatic N) is 2. The number of aromatic nitrogens is 2. The normalized spacial score (nSPS) is 10.5. The number of carbonyl (C=O) groups is 1. The monoisotopic (exact) mass is 267 g/mol. The summed E-state index contributed by atoms with van der Waals surface area (Å²) in [4.78, 5) is 24.6. The standard InChI is InChI=1S/C12H21N5O2/c1-3-17(4-2)9-5-8-13-12(19)14-10-6-7-11(18)16-15-10/h6-7H,3-5,8-9H2,1-2H3,(H,16,18)(H2,13,14,15,19). The maximum absolute atomic E-state index is 11.5. The highest BCUT2D eigenvalue weighted by Crippen LogP contribution is 1.95. The van der Waals surface area contributed by atoms with E-state index in [1.807, 2.05) is 0 Å². The molecule has 0 atom stereocenters. The van der Waals surface area contributed by atoms with Crippen LogP contribution < -0.4 is 16.2 Å². The zero-order valence-electron chi connectivity index (χ0n) is 11.4. The third-order valence-corrected chi connectivity index (χ3v) is 2.75. The van der Waals surface area contributed by atoms with Crippen LogP contribution in [-0.2, 0) is 0 Å². The Balaban J connectivity index is 2.21. The van der Waals surface area contributed by atoms with E-state index in [9.17, 15) is 9.59 Å². The fourth-order valence-corrected chi connectivity index (χ4v) is 1.62. The smallest absolute Gasteiger partial charge is 0.320 e. The first-order valence-electron chi connectivity index (χ1n) is 6.48. The molecule has 1 rings (SSSR count). The van der Waals surface area contributed by atoms with Gasteiger partial charge in [-0.1, -0.05) is 13.8 Å². The van der Waals surface area contributed by atoms with Crippen molar-refractivity contribution in [3.63, 3.8) is 0 Å². The predicted octanol–water partition coefficient (Wildman–Crippen LogP) is 0.623. The van der Waals surface area contributed by atoms with E-state index in [1.54, 1.807) is 0 Å². The molecule has 7 nitrogen and oxygen atoms in total. The Hall–Kier alpha value is -1.89. The third kappa shape index (κ3) is 6.01. The molecule has 0 spiro atoms. The SMILES string of the molecule is CCN(CC)CCCNC(=O)Nc1ccc(=O)[nH]n1. The minimum Gasteiger partial charge on any atom is -0.338 e. The van der Waals surface area contributed by atoms with Gasteiger partial charge in [-0.3, -0.25) is 10.1 Å². The number of H-pyrrole nitrogens is 1. The van der Waals surface area contributed by atoms with Crippen LogP contribution in [0.2, 0.25) is 0 Å². The van der Waals surface area contributed by atoms with Gasteiger partial charge in [0.2, 0.25) is 0 Å². The van der Waals surface area contributed by atoms with Gasteiger partial charge in [0.05, 0.1) is 0 Å². The maximum atomic E-state index is 11.5. The Morgan fingerprint density at radius 2 is 2.11 bits per heavy atom. The number of hydrogen-bond donors (Lipinski definition) is 3. The number of amides is 2. The lowest BCUT2D eigenvalue weighted by Gasteiger charge is -2.17. The molecule has 19 heavy (non-hydrogen) atoms. The summed E-state index contributed by atoms with van der Waals surface area (Å²) in [5.74, 6) is 0.320. The van der Waals surface area contributed by atoms with Crippen LogP contribution in [0.3, 0.4) is 0 Å². The summed E-state index contributed by atoms with van der Waals surface area (Å²) >= 11 is 0. The molecule has 0 unspecified atom stereocenters. The minimum atomic E-state index is -0.320. The summed E-state index contributed by atoms with van der Waals surface area (Å²) in [6, 6.07) is 2.44. The summed E-state index contributed by atoms with van der Waals surface area (Å²) in [7, 11) is 0. The zero-order chi connectivity index (χ0) is 14.1. The molecule has 0 fully saturated rings. The fraction of sp³-hybridized carbons (Fsp3) is 0.583. The Morgan fingerprint density at radius 3 is 2.68 bits per heavy atom. The first-order chi connectivity index (χ1) is 9.15. The molecule has 2 amide bonds. The Morgan fingerprint density at radius 1 is 1.37 bits per heavy atom. The molecule has 0 saturated heterocycles. The average Bonchev–Trinajstić information content (AvgIpc) is 2.42. The van der Waals surface area contributed by atoms with Gasteiger partial charge in [-0.2, -0.15) is 5.10 Å². The molecule has 0 radical (unpaired) electrons. The maximum Gasteiger partial charge on any atom is 0.320 e. The number of aromatic amines is 1. The van der Waals surface area contributed by atoms with E-state index in [4.69, 9.17) is 0 Å². The number of anilines is 1. The van der Waals surface area contributed by atoms with E-state index in [-0.39, 0.29) is 11.6 Å². The number of rotatable bonds is 7. The topological polar surface area (TPSA) is 90.1 Å². The van der Waals surface area contributed by atoms with Gasteiger partial charge in [0.25, 0.3) is 5.56 Å². The van der Waals surface area contributed by atoms with Gasteiger partial charge in [-0.05, 0) is 32.1 Å². The molecule has 0 saturated carbocycles. The number of carbonyl (C=O) groups excluding carboxylic acids is 1. The largest absolute Gasteiger partial charge is 0.338 e. The number of urea groups is 1. The van der Waals surface area contributed by atoms with Crippen molar-refractivity contribution >= 4 is 11.8 Å². The molecule has 7 heteroatoms. The van der Waals surface area contributed by atoms with Crippen molar-refractivity contribution in [2.45, 2.75) is 20.3 Å². The molecule has 0 aliphatic heterocycles. The highest BCUT2D eigenvalue weighted by atomic mass is 16.2. The van der Waals surface area contributed by atoms with Crippen molar-refractivity contribution in [2.75, 3.05) is 31.5 Å². The lowest BCUT2D eigenvalue weighted by atomic mass is 10.3. The third-order valence-electron chi connectivity index (χ3n) is 2.75. The van der Waals surface area contributed by atoms with E-state index in [2.05, 4.69) is 39.6 Å². The second-order valence-electron chi connectivity index (χ2n) is 4.07. The molecular weight excluding hydrogens is 246 g/mol. The molecule has 106 valence electrons. The van der Waals surface area contributed by atoms with Crippen LogP contribution in [0, 0.1) is 0 Å². The van der Waals surface area contributed by atoms with Crippen LogP contribution in [0.15, 0.2) is 16.9 Å². The molecule has 0 bridgehead atoms. The van der Waals surface area contributed by atoms with E-state index in [0.717, 1.165) is 26.1 Å². The average molecular weight is 267 g/mol. The minimum absolute atomic E-state index is 0.301. The first-order valence-corrected chi connectivity index (χ1v) is 6.48. The molecule has 0 aliphatic rings. The molecule has 0 aromatic carbocycles. The van der Waals surface area contributed by atoms with Crippen molar-refractivity contribution in [1.29, 1.82) is 0 Å². The molecule has 1 heterocycles. The Bertz CT molecular complexity index is 421. The van der Waals surface area contributed by atoms with Crippen molar-refractivity contribution in [2.24, 2.45) is 0 Å². The first kappa shape index (κ1) is 15.2. The Kier molecular flexibility index (Phi) is 6.59. The quantitative estimate of drug-likeness (QED) is 0.632. The molecule has 0 aliphatic carbocycles. The van der Waals surface area contributed by atoms with Crippen LogP contribution in [-0.4, -0.2) is 47.3 Å². The van der Waals surface area contributed by atoms with E-state index >= 15 is 0 Å². The number of nitrogens with one attached hydrogen (secondary N) is 3. The van der Waals surface area contributed by atoms with Gasteiger partial charge in [-0.15, -0.1) is 0 Å². The summed E-state index contributed by atoms with van der Waals surface area (Å²) in [5, 5.41) is 11.2. The highest BCUT2D eigenvalue weighted by Gasteiger charge is 2.03. The highest BCUT2D eigenvalue weighted by molar-refractivity contribution is 5.87. The molecule has 1 aromatic rings. The lowest BCUT2D eigenvalue weighted by Crippen LogP contribution is -2.33.